The molecule has 0 aliphatic carbocycles. The molecule has 0 aliphatic heterocycles. The number of hydrogen-bond donors (Lipinski definition) is 1. The number of carbonyl (C=O) groups is 2. The van der Waals surface area contributed by atoms with Gasteiger partial charge in [-0.05, 0) is 23.6 Å². The van der Waals surface area contributed by atoms with E-state index in [1.165, 1.54) is 7.11 Å². The second kappa shape index (κ2) is 7.11. The quantitative estimate of drug-likeness (QED) is 0.848. The molecular weight excluding hydrogens is 270 g/mol. The SMILES string of the molecule is COC(=O)CCC(=O)Nc1ccc(OC)c(C(C)(C)C)c1. The number of rotatable bonds is 5. The third-order valence-electron chi connectivity index (χ3n) is 3.08. The maximum Gasteiger partial charge on any atom is 0.306 e. The van der Waals surface area contributed by atoms with Crippen LogP contribution in [-0.4, -0.2) is 26.1 Å². The van der Waals surface area contributed by atoms with Crippen molar-refractivity contribution in [3.8, 4) is 5.75 Å². The summed E-state index contributed by atoms with van der Waals surface area (Å²) in [6.45, 7) is 6.23. The van der Waals surface area contributed by atoms with Gasteiger partial charge in [0.2, 0.25) is 5.91 Å². The van der Waals surface area contributed by atoms with Crippen LogP contribution in [0.5, 0.6) is 5.75 Å². The number of anilines is 1. The molecular formula is C16H23NO4. The molecule has 116 valence electrons. The first-order chi connectivity index (χ1) is 9.77. The van der Waals surface area contributed by atoms with E-state index in [0.29, 0.717) is 5.69 Å². The number of carbonyl (C=O) groups excluding carboxylic acids is 2. The van der Waals surface area contributed by atoms with Crippen molar-refractivity contribution >= 4 is 17.6 Å². The van der Waals surface area contributed by atoms with Crippen molar-refractivity contribution in [2.45, 2.75) is 39.0 Å². The molecule has 0 unspecified atom stereocenters. The first kappa shape index (κ1) is 17.0. The minimum Gasteiger partial charge on any atom is -0.496 e. The van der Waals surface area contributed by atoms with Gasteiger partial charge in [-0.3, -0.25) is 9.59 Å². The van der Waals surface area contributed by atoms with Gasteiger partial charge in [0.1, 0.15) is 5.75 Å². The van der Waals surface area contributed by atoms with Gasteiger partial charge in [-0.15, -0.1) is 0 Å². The molecule has 0 radical (unpaired) electrons. The normalized spacial score (nSPS) is 10.9. The lowest BCUT2D eigenvalue weighted by molar-refractivity contribution is -0.141. The van der Waals surface area contributed by atoms with Gasteiger partial charge in [-0.1, -0.05) is 20.8 Å². The molecule has 0 spiro atoms. The van der Waals surface area contributed by atoms with Gasteiger partial charge in [-0.2, -0.15) is 0 Å². The van der Waals surface area contributed by atoms with Gasteiger partial charge >= 0.3 is 5.97 Å². The maximum absolute atomic E-state index is 11.8. The Hall–Kier alpha value is -2.04. The fourth-order valence-electron chi connectivity index (χ4n) is 1.91. The van der Waals surface area contributed by atoms with Crippen LogP contribution in [0.4, 0.5) is 5.69 Å². The maximum atomic E-state index is 11.8. The molecule has 1 N–H and O–H groups in total. The van der Waals surface area contributed by atoms with E-state index >= 15 is 0 Å². The number of benzene rings is 1. The standard InChI is InChI=1S/C16H23NO4/c1-16(2,3)12-10-11(6-7-13(12)20-4)17-14(18)8-9-15(19)21-5/h6-7,10H,8-9H2,1-5H3,(H,17,18). The topological polar surface area (TPSA) is 64.6 Å². The van der Waals surface area contributed by atoms with E-state index in [1.807, 2.05) is 12.1 Å². The summed E-state index contributed by atoms with van der Waals surface area (Å²) in [6, 6.07) is 5.51. The van der Waals surface area contributed by atoms with Crippen molar-refractivity contribution in [2.75, 3.05) is 19.5 Å². The molecule has 0 saturated carbocycles. The summed E-state index contributed by atoms with van der Waals surface area (Å²) in [7, 11) is 2.93. The minimum atomic E-state index is -0.393. The molecule has 5 heteroatoms. The average molecular weight is 293 g/mol. The number of esters is 1. The summed E-state index contributed by atoms with van der Waals surface area (Å²) < 4.78 is 9.86. The molecule has 0 atom stereocenters. The van der Waals surface area contributed by atoms with E-state index in [1.54, 1.807) is 13.2 Å². The zero-order chi connectivity index (χ0) is 16.0. The summed E-state index contributed by atoms with van der Waals surface area (Å²) >= 11 is 0. The predicted molar refractivity (Wildman–Crippen MR) is 81.6 cm³/mol. The highest BCUT2D eigenvalue weighted by atomic mass is 16.5. The van der Waals surface area contributed by atoms with Crippen molar-refractivity contribution in [1.29, 1.82) is 0 Å². The zero-order valence-electron chi connectivity index (χ0n) is 13.3. The Labute approximate surface area is 125 Å². The van der Waals surface area contributed by atoms with Gasteiger partial charge in [0.15, 0.2) is 0 Å². The molecule has 21 heavy (non-hydrogen) atoms. The molecule has 5 nitrogen and oxygen atoms in total. The Kier molecular flexibility index (Phi) is 5.76. The van der Waals surface area contributed by atoms with E-state index in [0.717, 1.165) is 11.3 Å². The lowest BCUT2D eigenvalue weighted by Gasteiger charge is -2.23. The molecule has 0 aromatic heterocycles. The van der Waals surface area contributed by atoms with Gasteiger partial charge in [0.05, 0.1) is 20.6 Å². The fraction of sp³-hybridized carbons (Fsp3) is 0.500. The van der Waals surface area contributed by atoms with Crippen LogP contribution in [0.3, 0.4) is 0 Å². The number of hydrogen-bond acceptors (Lipinski definition) is 4. The molecule has 1 amide bonds. The molecule has 0 fully saturated rings. The summed E-state index contributed by atoms with van der Waals surface area (Å²) in [5.41, 5.74) is 1.60. The molecule has 0 heterocycles. The highest BCUT2D eigenvalue weighted by Gasteiger charge is 2.19. The largest absolute Gasteiger partial charge is 0.496 e. The third kappa shape index (κ3) is 5.10. The van der Waals surface area contributed by atoms with Crippen LogP contribution in [0, 0.1) is 0 Å². The van der Waals surface area contributed by atoms with Crippen molar-refractivity contribution in [1.82, 2.24) is 0 Å². The summed E-state index contributed by atoms with van der Waals surface area (Å²) in [6.07, 6.45) is 0.175. The zero-order valence-corrected chi connectivity index (χ0v) is 13.3. The first-order valence-corrected chi connectivity index (χ1v) is 6.83. The van der Waals surface area contributed by atoms with Crippen LogP contribution >= 0.6 is 0 Å². The molecule has 0 saturated heterocycles. The molecule has 0 bridgehead atoms. The van der Waals surface area contributed by atoms with Crippen molar-refractivity contribution in [2.24, 2.45) is 0 Å². The Balaban J connectivity index is 2.81. The van der Waals surface area contributed by atoms with Crippen molar-refractivity contribution < 1.29 is 19.1 Å². The van der Waals surface area contributed by atoms with Gasteiger partial charge in [-0.25, -0.2) is 0 Å². The van der Waals surface area contributed by atoms with Gasteiger partial charge < -0.3 is 14.8 Å². The Morgan fingerprint density at radius 3 is 2.33 bits per heavy atom. The number of ether oxygens (including phenoxy) is 2. The van der Waals surface area contributed by atoms with Crippen molar-refractivity contribution in [3.63, 3.8) is 0 Å². The number of nitrogens with one attached hydrogen (secondary N) is 1. The molecule has 1 aromatic rings. The van der Waals surface area contributed by atoms with Crippen molar-refractivity contribution in [3.05, 3.63) is 23.8 Å². The highest BCUT2D eigenvalue weighted by Crippen LogP contribution is 2.33. The first-order valence-electron chi connectivity index (χ1n) is 6.83. The monoisotopic (exact) mass is 293 g/mol. The van der Waals surface area contributed by atoms with Gasteiger partial charge in [0, 0.05) is 17.7 Å². The Morgan fingerprint density at radius 2 is 1.81 bits per heavy atom. The smallest absolute Gasteiger partial charge is 0.306 e. The summed E-state index contributed by atoms with van der Waals surface area (Å²) in [4.78, 5) is 22.8. The van der Waals surface area contributed by atoms with Gasteiger partial charge in [0.25, 0.3) is 0 Å². The number of amides is 1. The highest BCUT2D eigenvalue weighted by molar-refractivity contribution is 5.92. The van der Waals surface area contributed by atoms with Crippen LogP contribution in [-0.2, 0) is 19.7 Å². The van der Waals surface area contributed by atoms with Crippen LogP contribution in [0.1, 0.15) is 39.2 Å². The molecule has 1 rings (SSSR count). The number of methoxy groups -OCH3 is 2. The molecule has 1 aromatic carbocycles. The van der Waals surface area contributed by atoms with Crippen LogP contribution < -0.4 is 10.1 Å². The van der Waals surface area contributed by atoms with E-state index in [9.17, 15) is 9.59 Å². The lowest BCUT2D eigenvalue weighted by Crippen LogP contribution is -2.16. The van der Waals surface area contributed by atoms with Crippen LogP contribution in [0.2, 0.25) is 0 Å². The third-order valence-corrected chi connectivity index (χ3v) is 3.08. The van der Waals surface area contributed by atoms with Crippen LogP contribution in [0.15, 0.2) is 18.2 Å². The van der Waals surface area contributed by atoms with E-state index < -0.39 is 5.97 Å². The van der Waals surface area contributed by atoms with Crippen LogP contribution in [0.25, 0.3) is 0 Å². The minimum absolute atomic E-state index is 0.0740. The van der Waals surface area contributed by atoms with E-state index in [-0.39, 0.29) is 24.2 Å². The predicted octanol–water partition coefficient (Wildman–Crippen LogP) is 2.88. The lowest BCUT2D eigenvalue weighted by atomic mass is 9.86. The fourth-order valence-corrected chi connectivity index (χ4v) is 1.91. The molecule has 0 aliphatic rings. The summed E-state index contributed by atoms with van der Waals surface area (Å²) in [5, 5.41) is 2.78. The summed E-state index contributed by atoms with van der Waals surface area (Å²) in [5.74, 6) is 0.177. The average Bonchev–Trinajstić information content (AvgIpc) is 2.43. The Bertz CT molecular complexity index is 517. The second-order valence-electron chi connectivity index (χ2n) is 5.79. The second-order valence-corrected chi connectivity index (χ2v) is 5.79. The van der Waals surface area contributed by atoms with E-state index in [4.69, 9.17) is 4.74 Å². The van der Waals surface area contributed by atoms with E-state index in [2.05, 4.69) is 30.8 Å². The Morgan fingerprint density at radius 1 is 1.14 bits per heavy atom.